The monoisotopic (exact) mass is 289 g/mol. The van der Waals surface area contributed by atoms with Gasteiger partial charge in [-0.05, 0) is 19.1 Å². The Morgan fingerprint density at radius 2 is 1.88 bits per heavy atom. The van der Waals surface area contributed by atoms with Gasteiger partial charge < -0.3 is 10.3 Å². The van der Waals surface area contributed by atoms with Crippen molar-refractivity contribution in [2.75, 3.05) is 5.32 Å². The predicted octanol–water partition coefficient (Wildman–Crippen LogP) is 4.29. The highest BCUT2D eigenvalue weighted by atomic mass is 35.5. The maximum absolute atomic E-state index is 6.05. The van der Waals surface area contributed by atoms with Crippen LogP contribution in [0, 0.1) is 6.92 Å². The van der Waals surface area contributed by atoms with Crippen molar-refractivity contribution in [3.63, 3.8) is 0 Å². The summed E-state index contributed by atoms with van der Waals surface area (Å²) in [6.07, 6.45) is 1.76. The van der Waals surface area contributed by atoms with Crippen molar-refractivity contribution >= 4 is 40.5 Å². The maximum atomic E-state index is 6.05. The predicted molar refractivity (Wildman–Crippen MR) is 72.1 cm³/mol. The molecule has 0 radical (unpaired) electrons. The fourth-order valence-electron chi connectivity index (χ4n) is 1.46. The van der Waals surface area contributed by atoms with Gasteiger partial charge in [-0.25, -0.2) is 4.98 Å². The fourth-order valence-corrected chi connectivity index (χ4v) is 2.41. The van der Waals surface area contributed by atoms with Gasteiger partial charge in [-0.2, -0.15) is 0 Å². The minimum absolute atomic E-state index is 0.499. The first-order valence-electron chi connectivity index (χ1n) is 4.95. The van der Waals surface area contributed by atoms with Crippen LogP contribution in [-0.2, 0) is 6.54 Å². The third-order valence-electron chi connectivity index (χ3n) is 2.22. The van der Waals surface area contributed by atoms with Crippen LogP contribution in [0.5, 0.6) is 0 Å². The second-order valence-electron chi connectivity index (χ2n) is 3.59. The highest BCUT2D eigenvalue weighted by Crippen LogP contribution is 2.33. The molecule has 0 spiro atoms. The van der Waals surface area contributed by atoms with Crippen LogP contribution in [0.25, 0.3) is 0 Å². The van der Waals surface area contributed by atoms with Crippen LogP contribution in [0.4, 0.5) is 5.69 Å². The van der Waals surface area contributed by atoms with E-state index in [2.05, 4.69) is 15.3 Å². The van der Waals surface area contributed by atoms with Crippen LogP contribution in [0.15, 0.2) is 18.3 Å². The molecule has 0 bridgehead atoms. The number of H-pyrrole nitrogens is 1. The van der Waals surface area contributed by atoms with Crippen molar-refractivity contribution in [2.24, 2.45) is 0 Å². The van der Waals surface area contributed by atoms with Crippen molar-refractivity contribution < 1.29 is 0 Å². The molecule has 2 N–H and O–H groups in total. The zero-order valence-corrected chi connectivity index (χ0v) is 11.3. The molecule has 2 rings (SSSR count). The summed E-state index contributed by atoms with van der Waals surface area (Å²) < 4.78 is 0. The number of benzene rings is 1. The van der Waals surface area contributed by atoms with Gasteiger partial charge in [0.2, 0.25) is 0 Å². The van der Waals surface area contributed by atoms with Gasteiger partial charge in [0.15, 0.2) is 0 Å². The molecule has 0 aliphatic rings. The first-order valence-corrected chi connectivity index (χ1v) is 6.08. The molecule has 0 saturated heterocycles. The minimum Gasteiger partial charge on any atom is -0.377 e. The lowest BCUT2D eigenvalue weighted by atomic mass is 10.3. The summed E-state index contributed by atoms with van der Waals surface area (Å²) in [4.78, 5) is 7.22. The van der Waals surface area contributed by atoms with Crippen LogP contribution in [-0.4, -0.2) is 9.97 Å². The lowest BCUT2D eigenvalue weighted by Crippen LogP contribution is -2.01. The van der Waals surface area contributed by atoms with Crippen molar-refractivity contribution in [3.05, 3.63) is 44.9 Å². The van der Waals surface area contributed by atoms with Crippen molar-refractivity contribution in [1.82, 2.24) is 9.97 Å². The Morgan fingerprint density at radius 3 is 2.41 bits per heavy atom. The number of hydrogen-bond donors (Lipinski definition) is 2. The van der Waals surface area contributed by atoms with Crippen LogP contribution in [0.1, 0.15) is 11.5 Å². The van der Waals surface area contributed by atoms with Crippen molar-refractivity contribution in [3.8, 4) is 0 Å². The number of nitrogens with zero attached hydrogens (tertiary/aromatic N) is 1. The molecule has 0 atom stereocenters. The van der Waals surface area contributed by atoms with Crippen molar-refractivity contribution in [2.45, 2.75) is 13.5 Å². The summed E-state index contributed by atoms with van der Waals surface area (Å²) in [5.74, 6) is 0.870. The third kappa shape index (κ3) is 3.06. The molecular weight excluding hydrogens is 281 g/mol. The zero-order chi connectivity index (χ0) is 12.4. The van der Waals surface area contributed by atoms with E-state index in [-0.39, 0.29) is 0 Å². The highest BCUT2D eigenvalue weighted by Gasteiger charge is 2.07. The van der Waals surface area contributed by atoms with E-state index in [0.717, 1.165) is 11.5 Å². The van der Waals surface area contributed by atoms with Crippen LogP contribution >= 0.6 is 34.8 Å². The van der Waals surface area contributed by atoms with Gasteiger partial charge in [-0.3, -0.25) is 0 Å². The van der Waals surface area contributed by atoms with Gasteiger partial charge >= 0.3 is 0 Å². The lowest BCUT2D eigenvalue weighted by Gasteiger charge is -2.09. The minimum atomic E-state index is 0.499. The Hall–Kier alpha value is -0.900. The Kier molecular flexibility index (Phi) is 3.82. The first-order chi connectivity index (χ1) is 8.06. The van der Waals surface area contributed by atoms with E-state index in [1.54, 1.807) is 18.3 Å². The molecule has 90 valence electrons. The van der Waals surface area contributed by atoms with Gasteiger partial charge in [0.05, 0.1) is 34.2 Å². The summed E-state index contributed by atoms with van der Waals surface area (Å²) in [5.41, 5.74) is 1.63. The second kappa shape index (κ2) is 5.17. The van der Waals surface area contributed by atoms with Gasteiger partial charge in [-0.15, -0.1) is 0 Å². The van der Waals surface area contributed by atoms with E-state index in [0.29, 0.717) is 27.3 Å². The molecule has 1 heterocycles. The molecule has 0 fully saturated rings. The number of rotatable bonds is 3. The molecule has 0 amide bonds. The topological polar surface area (TPSA) is 40.7 Å². The van der Waals surface area contributed by atoms with E-state index >= 15 is 0 Å². The molecule has 0 aliphatic carbocycles. The smallest absolute Gasteiger partial charge is 0.103 e. The molecule has 17 heavy (non-hydrogen) atoms. The number of hydrogen-bond acceptors (Lipinski definition) is 2. The molecule has 3 nitrogen and oxygen atoms in total. The quantitative estimate of drug-likeness (QED) is 0.885. The standard InChI is InChI=1S/C11H10Cl3N3/c1-6-15-4-8(17-6)5-16-11-9(13)2-7(12)3-10(11)14/h2-4,16H,5H2,1H3,(H,15,17). The number of aryl methyl sites for hydroxylation is 1. The van der Waals surface area contributed by atoms with Crippen LogP contribution in [0.2, 0.25) is 15.1 Å². The number of anilines is 1. The van der Waals surface area contributed by atoms with Crippen LogP contribution < -0.4 is 5.32 Å². The second-order valence-corrected chi connectivity index (χ2v) is 4.84. The largest absolute Gasteiger partial charge is 0.377 e. The van der Waals surface area contributed by atoms with E-state index in [1.165, 1.54) is 0 Å². The lowest BCUT2D eigenvalue weighted by molar-refractivity contribution is 1.05. The molecule has 0 aliphatic heterocycles. The Morgan fingerprint density at radius 1 is 1.24 bits per heavy atom. The molecule has 0 saturated carbocycles. The number of aromatic amines is 1. The van der Waals surface area contributed by atoms with E-state index in [9.17, 15) is 0 Å². The average molecular weight is 291 g/mol. The highest BCUT2D eigenvalue weighted by molar-refractivity contribution is 6.41. The van der Waals surface area contributed by atoms with E-state index < -0.39 is 0 Å². The molecular formula is C11H10Cl3N3. The number of nitrogens with one attached hydrogen (secondary N) is 2. The van der Waals surface area contributed by atoms with Gasteiger partial charge in [-0.1, -0.05) is 34.8 Å². The molecule has 6 heteroatoms. The van der Waals surface area contributed by atoms with E-state index in [1.807, 2.05) is 6.92 Å². The summed E-state index contributed by atoms with van der Waals surface area (Å²) in [6, 6.07) is 3.30. The zero-order valence-electron chi connectivity index (χ0n) is 9.02. The fraction of sp³-hybridized carbons (Fsp3) is 0.182. The van der Waals surface area contributed by atoms with Gasteiger partial charge in [0.1, 0.15) is 5.82 Å². The summed E-state index contributed by atoms with van der Waals surface area (Å²) in [6.45, 7) is 2.47. The maximum Gasteiger partial charge on any atom is 0.103 e. The molecule has 2 aromatic rings. The molecule has 0 unspecified atom stereocenters. The number of halogens is 3. The van der Waals surface area contributed by atoms with Gasteiger partial charge in [0, 0.05) is 5.02 Å². The third-order valence-corrected chi connectivity index (χ3v) is 3.03. The average Bonchev–Trinajstić information content (AvgIpc) is 2.62. The summed E-state index contributed by atoms with van der Waals surface area (Å²) >= 11 is 17.9. The van der Waals surface area contributed by atoms with Crippen LogP contribution in [0.3, 0.4) is 0 Å². The normalized spacial score (nSPS) is 10.6. The first kappa shape index (κ1) is 12.6. The Balaban J connectivity index is 2.14. The Labute approximate surface area is 114 Å². The van der Waals surface area contributed by atoms with E-state index in [4.69, 9.17) is 34.8 Å². The summed E-state index contributed by atoms with van der Waals surface area (Å²) in [5, 5.41) is 4.66. The SMILES string of the molecule is Cc1ncc(CNc2c(Cl)cc(Cl)cc2Cl)[nH]1. The van der Waals surface area contributed by atoms with Gasteiger partial charge in [0.25, 0.3) is 0 Å². The number of imidazole rings is 1. The Bertz CT molecular complexity index is 514. The van der Waals surface area contributed by atoms with Crippen molar-refractivity contribution in [1.29, 1.82) is 0 Å². The molecule has 1 aromatic carbocycles. The molecule has 1 aromatic heterocycles. The number of aromatic nitrogens is 2. The summed E-state index contributed by atoms with van der Waals surface area (Å²) in [7, 11) is 0.